The molecule has 0 radical (unpaired) electrons. The Bertz CT molecular complexity index is 821. The number of hydrogen-bond acceptors (Lipinski definition) is 7. The Kier molecular flexibility index (Phi) is 16.8. The van der Waals surface area contributed by atoms with Gasteiger partial charge in [-0.05, 0) is 25.8 Å². The molecule has 1 unspecified atom stereocenters. The van der Waals surface area contributed by atoms with Crippen LogP contribution in [0.3, 0.4) is 0 Å². The third kappa shape index (κ3) is 14.2. The molecule has 0 saturated heterocycles. The van der Waals surface area contributed by atoms with Crippen LogP contribution in [-0.4, -0.2) is 33.7 Å². The number of nitrogens with zero attached hydrogens (tertiary/aromatic N) is 1. The molecule has 4 N–H and O–H groups in total. The fourth-order valence-electron chi connectivity index (χ4n) is 3.87. The number of rotatable bonds is 21. The second-order valence-corrected chi connectivity index (χ2v) is 10.6. The molecule has 1 rings (SSSR count). The van der Waals surface area contributed by atoms with Crippen molar-refractivity contribution in [1.82, 2.24) is 0 Å². The lowest BCUT2D eigenvalue weighted by molar-refractivity contribution is -0.386. The van der Waals surface area contributed by atoms with Gasteiger partial charge >= 0.3 is 7.82 Å². The van der Waals surface area contributed by atoms with E-state index < -0.39 is 37.6 Å². The summed E-state index contributed by atoms with van der Waals surface area (Å²) in [5, 5.41) is 21.3. The smallest absolute Gasteiger partial charge is 0.387 e. The molecule has 9 nitrogen and oxygen atoms in total. The maximum Gasteiger partial charge on any atom is 0.472 e. The number of para-hydroxylation sites is 1. The van der Waals surface area contributed by atoms with Crippen molar-refractivity contribution >= 4 is 13.5 Å². The van der Waals surface area contributed by atoms with Crippen LogP contribution in [0.4, 0.5) is 5.69 Å². The van der Waals surface area contributed by atoms with Crippen molar-refractivity contribution in [3.05, 3.63) is 52.1 Å². The van der Waals surface area contributed by atoms with Gasteiger partial charge in [-0.3, -0.25) is 19.2 Å². The zero-order valence-electron chi connectivity index (χ0n) is 21.8. The molecule has 4 atom stereocenters. The third-order valence-corrected chi connectivity index (χ3v) is 7.10. The minimum Gasteiger partial charge on any atom is -0.387 e. The number of aliphatic hydroxyl groups is 1. The van der Waals surface area contributed by atoms with Crippen LogP contribution in [0.1, 0.15) is 103 Å². The highest BCUT2D eigenvalue weighted by molar-refractivity contribution is 7.47. The molecule has 0 bridgehead atoms. The molecule has 0 amide bonds. The summed E-state index contributed by atoms with van der Waals surface area (Å²) >= 11 is 0. The summed E-state index contributed by atoms with van der Waals surface area (Å²) in [7, 11) is -4.56. The zero-order valence-corrected chi connectivity index (χ0v) is 22.7. The molecular formula is C26H45N2O7P. The van der Waals surface area contributed by atoms with Gasteiger partial charge in [-0.2, -0.15) is 0 Å². The van der Waals surface area contributed by atoms with Gasteiger partial charge in [0.1, 0.15) is 0 Å². The van der Waals surface area contributed by atoms with Crippen LogP contribution in [-0.2, 0) is 13.6 Å². The number of phosphoric ester groups is 1. The van der Waals surface area contributed by atoms with Gasteiger partial charge in [0.15, 0.2) is 0 Å². The standard InChI is InChI=1S/C26H45N2O7P/c1-3-4-5-6-7-8-9-10-11-12-13-14-15-20-26(29)24(27)21-34-36(32,33)35-22(2)23-18-16-17-19-25(23)28(30)31/h15-20,22,24,26,29H,3-14,21,27H2,1-2H3,(H,32,33)/b20-15-/t22-,24-,26+/m0/s1. The van der Waals surface area contributed by atoms with E-state index in [1.54, 1.807) is 12.1 Å². The molecular weight excluding hydrogens is 483 g/mol. The number of aliphatic hydroxyl groups excluding tert-OH is 1. The lowest BCUT2D eigenvalue weighted by atomic mass is 10.0. The highest BCUT2D eigenvalue weighted by Crippen LogP contribution is 2.48. The van der Waals surface area contributed by atoms with Crippen LogP contribution < -0.4 is 5.73 Å². The molecule has 1 aromatic carbocycles. The third-order valence-electron chi connectivity index (χ3n) is 6.04. The quantitative estimate of drug-likeness (QED) is 0.0523. The number of nitro groups is 1. The average molecular weight is 529 g/mol. The van der Waals surface area contributed by atoms with Crippen molar-refractivity contribution in [3.8, 4) is 0 Å². The number of phosphoric acid groups is 1. The van der Waals surface area contributed by atoms with Gasteiger partial charge in [0, 0.05) is 6.07 Å². The summed E-state index contributed by atoms with van der Waals surface area (Å²) in [5.74, 6) is 0. The van der Waals surface area contributed by atoms with Gasteiger partial charge in [-0.25, -0.2) is 4.57 Å². The minimum atomic E-state index is -4.56. The Balaban J connectivity index is 2.24. The maximum atomic E-state index is 12.3. The molecule has 0 aliphatic carbocycles. The monoisotopic (exact) mass is 528 g/mol. The molecule has 0 heterocycles. The van der Waals surface area contributed by atoms with Crippen LogP contribution in [0.25, 0.3) is 0 Å². The summed E-state index contributed by atoms with van der Waals surface area (Å²) in [5.41, 5.74) is 5.80. The molecule has 0 saturated carbocycles. The van der Waals surface area contributed by atoms with E-state index in [-0.39, 0.29) is 11.3 Å². The first kappa shape index (κ1) is 32.4. The zero-order chi connectivity index (χ0) is 26.8. The van der Waals surface area contributed by atoms with E-state index in [2.05, 4.69) is 6.92 Å². The first-order valence-electron chi connectivity index (χ1n) is 13.2. The predicted octanol–water partition coefficient (Wildman–Crippen LogP) is 6.73. The predicted molar refractivity (Wildman–Crippen MR) is 143 cm³/mol. The topological polar surface area (TPSA) is 145 Å². The Labute approximate surface area is 215 Å². The number of hydrogen-bond donors (Lipinski definition) is 3. The molecule has 1 aromatic rings. The Morgan fingerprint density at radius 2 is 1.61 bits per heavy atom. The van der Waals surface area contributed by atoms with Crippen molar-refractivity contribution < 1.29 is 28.5 Å². The van der Waals surface area contributed by atoms with E-state index in [1.807, 2.05) is 6.08 Å². The number of nitrogens with two attached hydrogens (primary N) is 1. The van der Waals surface area contributed by atoms with Crippen LogP contribution in [0, 0.1) is 10.1 Å². The van der Waals surface area contributed by atoms with E-state index in [0.29, 0.717) is 0 Å². The Morgan fingerprint density at radius 1 is 1.06 bits per heavy atom. The summed E-state index contributed by atoms with van der Waals surface area (Å²) in [6.45, 7) is 3.24. The SMILES string of the molecule is CCCCCCCCCCCCC/C=C\[C@@H](O)[C@@H](N)COP(=O)(O)O[C@@H](C)c1ccccc1[N+](=O)[O-]. The van der Waals surface area contributed by atoms with Gasteiger partial charge in [0.05, 0.1) is 35.3 Å². The number of benzene rings is 1. The van der Waals surface area contributed by atoms with Crippen LogP contribution in [0.2, 0.25) is 0 Å². The summed E-state index contributed by atoms with van der Waals surface area (Å²) in [4.78, 5) is 20.6. The molecule has 0 fully saturated rings. The fourth-order valence-corrected chi connectivity index (χ4v) is 4.80. The second kappa shape index (κ2) is 18.6. The minimum absolute atomic E-state index is 0.148. The molecule has 0 spiro atoms. The van der Waals surface area contributed by atoms with Gasteiger partial charge < -0.3 is 15.7 Å². The van der Waals surface area contributed by atoms with Gasteiger partial charge in [0.25, 0.3) is 5.69 Å². The molecule has 206 valence electrons. The largest absolute Gasteiger partial charge is 0.472 e. The average Bonchev–Trinajstić information content (AvgIpc) is 2.84. The highest BCUT2D eigenvalue weighted by Gasteiger charge is 2.30. The summed E-state index contributed by atoms with van der Waals surface area (Å²) in [6, 6.07) is 4.87. The Hall–Kier alpha value is -1.61. The van der Waals surface area contributed by atoms with Crippen molar-refractivity contribution in [2.45, 2.75) is 109 Å². The van der Waals surface area contributed by atoms with Crippen LogP contribution >= 0.6 is 7.82 Å². The van der Waals surface area contributed by atoms with E-state index in [0.717, 1.165) is 19.3 Å². The first-order chi connectivity index (χ1) is 17.2. The maximum absolute atomic E-state index is 12.3. The van der Waals surface area contributed by atoms with Crippen molar-refractivity contribution in [1.29, 1.82) is 0 Å². The lowest BCUT2D eigenvalue weighted by Crippen LogP contribution is -2.37. The molecule has 10 heteroatoms. The van der Waals surface area contributed by atoms with Crippen molar-refractivity contribution in [3.63, 3.8) is 0 Å². The van der Waals surface area contributed by atoms with Crippen molar-refractivity contribution in [2.75, 3.05) is 6.61 Å². The van der Waals surface area contributed by atoms with E-state index in [9.17, 15) is 24.7 Å². The highest BCUT2D eigenvalue weighted by atomic mass is 31.2. The van der Waals surface area contributed by atoms with Crippen molar-refractivity contribution in [2.24, 2.45) is 5.73 Å². The normalized spacial score (nSPS) is 16.0. The lowest BCUT2D eigenvalue weighted by Gasteiger charge is -2.20. The van der Waals surface area contributed by atoms with Gasteiger partial charge in [-0.15, -0.1) is 0 Å². The fraction of sp³-hybridized carbons (Fsp3) is 0.692. The van der Waals surface area contributed by atoms with E-state index in [1.165, 1.54) is 82.9 Å². The second-order valence-electron chi connectivity index (χ2n) is 9.23. The van der Waals surface area contributed by atoms with Crippen LogP contribution in [0.5, 0.6) is 0 Å². The molecule has 36 heavy (non-hydrogen) atoms. The number of allylic oxidation sites excluding steroid dienone is 1. The van der Waals surface area contributed by atoms with Crippen LogP contribution in [0.15, 0.2) is 36.4 Å². The van der Waals surface area contributed by atoms with Gasteiger partial charge in [0.2, 0.25) is 0 Å². The number of unbranched alkanes of at least 4 members (excludes halogenated alkanes) is 11. The number of nitro benzene ring substituents is 1. The summed E-state index contributed by atoms with van der Waals surface area (Å²) in [6.07, 6.45) is 16.2. The Morgan fingerprint density at radius 3 is 2.19 bits per heavy atom. The molecule has 0 aliphatic rings. The van der Waals surface area contributed by atoms with Gasteiger partial charge in [-0.1, -0.05) is 95.4 Å². The molecule has 0 aromatic heterocycles. The van der Waals surface area contributed by atoms with E-state index in [4.69, 9.17) is 14.8 Å². The van der Waals surface area contributed by atoms with E-state index >= 15 is 0 Å². The molecule has 0 aliphatic heterocycles. The summed E-state index contributed by atoms with van der Waals surface area (Å²) < 4.78 is 22.3. The first-order valence-corrected chi connectivity index (χ1v) is 14.7.